The molecule has 1 unspecified atom stereocenters. The Morgan fingerprint density at radius 1 is 1.50 bits per heavy atom. The van der Waals surface area contributed by atoms with E-state index in [-0.39, 0.29) is 6.54 Å². The summed E-state index contributed by atoms with van der Waals surface area (Å²) in [5, 5.41) is 11.2. The van der Waals surface area contributed by atoms with E-state index >= 15 is 0 Å². The number of carbonyl (C=O) groups is 2. The maximum Gasteiger partial charge on any atom is 0.411 e. The zero-order chi connectivity index (χ0) is 15.5. The molecule has 112 valence electrons. The van der Waals surface area contributed by atoms with Gasteiger partial charge in [-0.25, -0.2) is 9.59 Å². The largest absolute Gasteiger partial charge is 0.479 e. The molecule has 1 rings (SSSR count). The molecule has 0 aliphatic heterocycles. The Morgan fingerprint density at radius 2 is 2.10 bits per heavy atom. The Kier molecular flexibility index (Phi) is 5.59. The molecule has 1 heterocycles. The van der Waals surface area contributed by atoms with Gasteiger partial charge >= 0.3 is 12.1 Å². The van der Waals surface area contributed by atoms with Crippen molar-refractivity contribution in [3.8, 4) is 0 Å². The average Bonchev–Trinajstić information content (AvgIpc) is 2.68. The Hall–Kier alpha value is -1.08. The molecular weight excluding hydrogens is 346 g/mol. The molecular formula is C13H18BrNO4S. The molecule has 0 aliphatic carbocycles. The van der Waals surface area contributed by atoms with E-state index in [0.29, 0.717) is 4.88 Å². The average molecular weight is 364 g/mol. The maximum absolute atomic E-state index is 12.1. The van der Waals surface area contributed by atoms with Crippen molar-refractivity contribution in [3.05, 3.63) is 20.8 Å². The summed E-state index contributed by atoms with van der Waals surface area (Å²) in [5.41, 5.74) is -0.663. The summed E-state index contributed by atoms with van der Waals surface area (Å²) in [4.78, 5) is 25.5. The van der Waals surface area contributed by atoms with Crippen LogP contribution in [0.3, 0.4) is 0 Å². The second-order valence-electron chi connectivity index (χ2n) is 5.17. The summed E-state index contributed by atoms with van der Waals surface area (Å²) < 4.78 is 6.06. The van der Waals surface area contributed by atoms with Gasteiger partial charge in [0.15, 0.2) is 6.04 Å². The normalized spacial score (nSPS) is 12.8. The van der Waals surface area contributed by atoms with Crippen LogP contribution in [0.15, 0.2) is 15.9 Å². The van der Waals surface area contributed by atoms with Crippen LogP contribution in [0.25, 0.3) is 0 Å². The minimum absolute atomic E-state index is 0.251. The van der Waals surface area contributed by atoms with Gasteiger partial charge in [0.05, 0.1) is 0 Å². The molecule has 5 nitrogen and oxygen atoms in total. The molecule has 20 heavy (non-hydrogen) atoms. The number of carbonyl (C=O) groups excluding carboxylic acids is 1. The fourth-order valence-corrected chi connectivity index (χ4v) is 3.17. The van der Waals surface area contributed by atoms with Crippen molar-refractivity contribution in [3.63, 3.8) is 0 Å². The fraction of sp³-hybridized carbons (Fsp3) is 0.538. The highest BCUT2D eigenvalue weighted by Crippen LogP contribution is 2.30. The highest BCUT2D eigenvalue weighted by molar-refractivity contribution is 9.10. The standard InChI is InChI=1S/C13H18BrNO4S/c1-5-15(12(18)19-13(2,3)4)10(11(16)17)9-6-8(14)7-20-9/h6-7,10H,5H2,1-4H3,(H,16,17). The first-order valence-electron chi connectivity index (χ1n) is 6.12. The van der Waals surface area contributed by atoms with E-state index in [1.165, 1.54) is 16.2 Å². The Balaban J connectivity index is 3.05. The van der Waals surface area contributed by atoms with Gasteiger partial charge in [-0.1, -0.05) is 0 Å². The highest BCUT2D eigenvalue weighted by Gasteiger charge is 2.34. The van der Waals surface area contributed by atoms with E-state index in [4.69, 9.17) is 4.74 Å². The topological polar surface area (TPSA) is 66.8 Å². The number of carboxylic acids is 1. The number of halogens is 1. The van der Waals surface area contributed by atoms with Gasteiger partial charge in [0.25, 0.3) is 0 Å². The van der Waals surface area contributed by atoms with Crippen LogP contribution in [0.4, 0.5) is 4.79 Å². The number of carboxylic acid groups (broad SMARTS) is 1. The quantitative estimate of drug-likeness (QED) is 0.880. The third kappa shape index (κ3) is 4.49. The number of nitrogens with zero attached hydrogens (tertiary/aromatic N) is 1. The van der Waals surface area contributed by atoms with Gasteiger partial charge in [-0.05, 0) is 49.7 Å². The van der Waals surface area contributed by atoms with E-state index in [9.17, 15) is 14.7 Å². The van der Waals surface area contributed by atoms with Crippen molar-refractivity contribution in [2.75, 3.05) is 6.54 Å². The first kappa shape index (κ1) is 17.0. The number of thiophene rings is 1. The molecule has 0 fully saturated rings. The molecule has 1 aromatic rings. The third-order valence-corrected chi connectivity index (χ3v) is 4.12. The molecule has 1 amide bonds. The minimum atomic E-state index is -1.08. The molecule has 0 spiro atoms. The first-order valence-corrected chi connectivity index (χ1v) is 7.79. The molecule has 1 N–H and O–H groups in total. The van der Waals surface area contributed by atoms with E-state index in [2.05, 4.69) is 15.9 Å². The summed E-state index contributed by atoms with van der Waals surface area (Å²) in [5.74, 6) is -1.08. The zero-order valence-corrected chi connectivity index (χ0v) is 14.2. The molecule has 1 aromatic heterocycles. The van der Waals surface area contributed by atoms with Crippen molar-refractivity contribution < 1.29 is 19.4 Å². The van der Waals surface area contributed by atoms with Gasteiger partial charge in [0.1, 0.15) is 5.60 Å². The van der Waals surface area contributed by atoms with Gasteiger partial charge in [0, 0.05) is 21.3 Å². The first-order chi connectivity index (χ1) is 9.15. The number of hydrogen-bond acceptors (Lipinski definition) is 4. The molecule has 0 saturated heterocycles. The van der Waals surface area contributed by atoms with E-state index in [1.807, 2.05) is 0 Å². The van der Waals surface area contributed by atoms with E-state index < -0.39 is 23.7 Å². The van der Waals surface area contributed by atoms with Crippen LogP contribution in [0.1, 0.15) is 38.6 Å². The molecule has 0 aliphatic rings. The molecule has 0 saturated carbocycles. The number of amides is 1. The molecule has 0 bridgehead atoms. The van der Waals surface area contributed by atoms with Gasteiger partial charge in [-0.2, -0.15) is 0 Å². The lowest BCUT2D eigenvalue weighted by Crippen LogP contribution is -2.41. The van der Waals surface area contributed by atoms with Crippen LogP contribution in [0, 0.1) is 0 Å². The lowest BCUT2D eigenvalue weighted by atomic mass is 10.2. The summed E-state index contributed by atoms with van der Waals surface area (Å²) >= 11 is 4.58. The molecule has 0 radical (unpaired) electrons. The fourth-order valence-electron chi connectivity index (χ4n) is 1.62. The zero-order valence-electron chi connectivity index (χ0n) is 11.8. The highest BCUT2D eigenvalue weighted by atomic mass is 79.9. The summed E-state index contributed by atoms with van der Waals surface area (Å²) in [6.07, 6.45) is -0.628. The maximum atomic E-state index is 12.1. The van der Waals surface area contributed by atoms with Crippen molar-refractivity contribution in [1.29, 1.82) is 0 Å². The number of likely N-dealkylation sites (N-methyl/N-ethyl adjacent to an activating group) is 1. The van der Waals surface area contributed by atoms with E-state index in [1.54, 1.807) is 39.1 Å². The van der Waals surface area contributed by atoms with Gasteiger partial charge < -0.3 is 9.84 Å². The second kappa shape index (κ2) is 6.58. The van der Waals surface area contributed by atoms with Crippen LogP contribution in [0.2, 0.25) is 0 Å². The van der Waals surface area contributed by atoms with E-state index in [0.717, 1.165) is 4.47 Å². The molecule has 7 heteroatoms. The third-order valence-electron chi connectivity index (χ3n) is 2.37. The van der Waals surface area contributed by atoms with Crippen LogP contribution in [0.5, 0.6) is 0 Å². The smallest absolute Gasteiger partial charge is 0.411 e. The minimum Gasteiger partial charge on any atom is -0.479 e. The lowest BCUT2D eigenvalue weighted by molar-refractivity contribution is -0.143. The predicted molar refractivity (Wildman–Crippen MR) is 81.0 cm³/mol. The summed E-state index contributed by atoms with van der Waals surface area (Å²) in [7, 11) is 0. The van der Waals surface area contributed by atoms with Crippen molar-refractivity contribution >= 4 is 39.3 Å². The lowest BCUT2D eigenvalue weighted by Gasteiger charge is -2.30. The van der Waals surface area contributed by atoms with Gasteiger partial charge in [-0.3, -0.25) is 4.90 Å². The summed E-state index contributed by atoms with van der Waals surface area (Å²) in [6.45, 7) is 7.21. The van der Waals surface area contributed by atoms with Gasteiger partial charge in [0.2, 0.25) is 0 Å². The number of aliphatic carboxylic acids is 1. The van der Waals surface area contributed by atoms with Gasteiger partial charge in [-0.15, -0.1) is 11.3 Å². The summed E-state index contributed by atoms with van der Waals surface area (Å²) in [6, 6.07) is 0.669. The van der Waals surface area contributed by atoms with Crippen molar-refractivity contribution in [2.45, 2.75) is 39.3 Å². The van der Waals surface area contributed by atoms with Crippen LogP contribution >= 0.6 is 27.3 Å². The predicted octanol–water partition coefficient (Wildman–Crippen LogP) is 3.89. The second-order valence-corrected chi connectivity index (χ2v) is 7.03. The number of hydrogen-bond donors (Lipinski definition) is 1. The Labute approximate surface area is 130 Å². The molecule has 1 atom stereocenters. The van der Waals surface area contributed by atoms with Crippen molar-refractivity contribution in [1.82, 2.24) is 4.90 Å². The Morgan fingerprint density at radius 3 is 2.45 bits per heavy atom. The van der Waals surface area contributed by atoms with Crippen LogP contribution < -0.4 is 0 Å². The van der Waals surface area contributed by atoms with Crippen LogP contribution in [-0.2, 0) is 9.53 Å². The monoisotopic (exact) mass is 363 g/mol. The molecule has 0 aromatic carbocycles. The van der Waals surface area contributed by atoms with Crippen LogP contribution in [-0.4, -0.2) is 34.2 Å². The van der Waals surface area contributed by atoms with Crippen molar-refractivity contribution in [2.24, 2.45) is 0 Å². The number of rotatable bonds is 4. The SMILES string of the molecule is CCN(C(=O)OC(C)(C)C)C(C(=O)O)c1cc(Br)cs1. The number of ether oxygens (including phenoxy) is 1. The Bertz CT molecular complexity index is 495.